The minimum atomic E-state index is 0.0641. The molecule has 14 rings (SSSR count). The average Bonchev–Trinajstić information content (AvgIpc) is 3.43. The number of rotatable bonds is 8. The molecule has 0 saturated carbocycles. The Kier molecular flexibility index (Phi) is 9.61. The Hall–Kier alpha value is -8.86. The first-order chi connectivity index (χ1) is 33.7. The monoisotopic (exact) mass is 866 g/mol. The van der Waals surface area contributed by atoms with Gasteiger partial charge < -0.3 is 0 Å². The second kappa shape index (κ2) is 16.5. The van der Waals surface area contributed by atoms with Crippen molar-refractivity contribution in [2.24, 2.45) is 0 Å². The fourth-order valence-corrected chi connectivity index (χ4v) is 10.4. The van der Waals surface area contributed by atoms with Crippen LogP contribution in [0.4, 0.5) is 0 Å². The Morgan fingerprint density at radius 2 is 0.485 bits per heavy atom. The van der Waals surface area contributed by atoms with Gasteiger partial charge in [0, 0.05) is 45.2 Å². The maximum atomic E-state index is 5.28. The second-order valence-corrected chi connectivity index (χ2v) is 17.7. The molecule has 3 aliphatic carbocycles. The van der Waals surface area contributed by atoms with Gasteiger partial charge in [0.1, 0.15) is 0 Å². The third kappa shape index (κ3) is 7.02. The van der Waals surface area contributed by atoms with Crippen molar-refractivity contribution in [1.29, 1.82) is 0 Å². The van der Waals surface area contributed by atoms with Gasteiger partial charge >= 0.3 is 0 Å². The maximum absolute atomic E-state index is 5.28. The lowest BCUT2D eigenvalue weighted by Crippen LogP contribution is -2.27. The summed E-state index contributed by atoms with van der Waals surface area (Å²) in [4.78, 5) is 20.9. The zero-order valence-electron chi connectivity index (χ0n) is 37.0. The highest BCUT2D eigenvalue weighted by Crippen LogP contribution is 2.57. The van der Waals surface area contributed by atoms with E-state index in [1.807, 2.05) is 36.4 Å². The molecule has 2 unspecified atom stereocenters. The summed E-state index contributed by atoms with van der Waals surface area (Å²) in [6.45, 7) is 0. The van der Waals surface area contributed by atoms with Crippen molar-refractivity contribution in [2.75, 3.05) is 0 Å². The molecule has 2 bridgehead atoms. The van der Waals surface area contributed by atoms with Gasteiger partial charge in [0.05, 0.1) is 22.8 Å². The molecule has 4 nitrogen and oxygen atoms in total. The number of hydrogen-bond acceptors (Lipinski definition) is 4. The molecule has 0 spiro atoms. The Balaban J connectivity index is 0.922. The van der Waals surface area contributed by atoms with Crippen LogP contribution in [0.5, 0.6) is 0 Å². The van der Waals surface area contributed by atoms with Gasteiger partial charge in [-0.2, -0.15) is 0 Å². The highest BCUT2D eigenvalue weighted by molar-refractivity contribution is 5.80. The standard InChI is InChI=1S/C64H42N4/c1-5-17-41(18-6-1)45-25-15-27-47(35-45)57-39-59(67-63(65-57)43-21-9-3-10-22-43)49-31-33-53-55(37-49)61-51-29-13-14-30-52(51)62(53)56-38-50(32-34-54(56)61)60-40-58(66-64(68-60)44-23-11-4-12-24-44)48-28-16-26-46(36-48)42-19-7-2-8-20-42/h1-40,61-62H. The summed E-state index contributed by atoms with van der Waals surface area (Å²) in [6, 6.07) is 86.3. The van der Waals surface area contributed by atoms with Gasteiger partial charge in [-0.25, -0.2) is 19.9 Å². The van der Waals surface area contributed by atoms with E-state index in [2.05, 4.69) is 206 Å². The Morgan fingerprint density at radius 1 is 0.191 bits per heavy atom. The fraction of sp³-hybridized carbons (Fsp3) is 0.0312. The predicted octanol–water partition coefficient (Wildman–Crippen LogP) is 15.6. The maximum Gasteiger partial charge on any atom is 0.160 e. The van der Waals surface area contributed by atoms with E-state index >= 15 is 0 Å². The van der Waals surface area contributed by atoms with Crippen LogP contribution in [0.2, 0.25) is 0 Å². The van der Waals surface area contributed by atoms with Crippen molar-refractivity contribution >= 4 is 0 Å². The lowest BCUT2D eigenvalue weighted by atomic mass is 9.60. The molecule has 2 aromatic heterocycles. The quantitative estimate of drug-likeness (QED) is 0.153. The lowest BCUT2D eigenvalue weighted by molar-refractivity contribution is 0.755. The summed E-state index contributed by atoms with van der Waals surface area (Å²) in [7, 11) is 0. The molecule has 68 heavy (non-hydrogen) atoms. The van der Waals surface area contributed by atoms with E-state index in [4.69, 9.17) is 19.9 Å². The molecule has 0 saturated heterocycles. The van der Waals surface area contributed by atoms with E-state index in [9.17, 15) is 0 Å². The van der Waals surface area contributed by atoms with Gasteiger partial charge in [0.15, 0.2) is 11.6 Å². The average molecular weight is 867 g/mol. The molecule has 0 amide bonds. The minimum absolute atomic E-state index is 0.0641. The first kappa shape index (κ1) is 39.5. The summed E-state index contributed by atoms with van der Waals surface area (Å²) in [6.07, 6.45) is 0. The van der Waals surface area contributed by atoms with Gasteiger partial charge in [-0.1, -0.05) is 206 Å². The van der Waals surface area contributed by atoms with Crippen molar-refractivity contribution in [1.82, 2.24) is 19.9 Å². The number of aromatic nitrogens is 4. The number of nitrogens with zero attached hydrogens (tertiary/aromatic N) is 4. The van der Waals surface area contributed by atoms with Crippen molar-refractivity contribution in [3.05, 3.63) is 276 Å². The zero-order chi connectivity index (χ0) is 45.0. The molecule has 11 aromatic rings. The third-order valence-corrected chi connectivity index (χ3v) is 13.7. The van der Waals surface area contributed by atoms with Crippen molar-refractivity contribution in [3.8, 4) is 90.1 Å². The summed E-state index contributed by atoms with van der Waals surface area (Å²) >= 11 is 0. The molecule has 318 valence electrons. The SMILES string of the molecule is c1ccc(-c2cccc(-c3cc(-c4ccc5c(c4)C4c6ccccc6C5c5cc(-c6cc(-c7cccc(-c8ccccc8)c7)nc(-c7ccccc7)n6)ccc54)nc(-c4ccccc4)n3)c2)cc1. The van der Waals surface area contributed by atoms with Gasteiger partial charge in [0.2, 0.25) is 0 Å². The minimum Gasteiger partial charge on any atom is -0.228 e. The summed E-state index contributed by atoms with van der Waals surface area (Å²) in [5, 5.41) is 0. The molecule has 0 fully saturated rings. The van der Waals surface area contributed by atoms with Crippen LogP contribution in [0.1, 0.15) is 45.2 Å². The summed E-state index contributed by atoms with van der Waals surface area (Å²) in [5.74, 6) is 1.54. The molecule has 0 N–H and O–H groups in total. The van der Waals surface area contributed by atoms with Gasteiger partial charge in [0.25, 0.3) is 0 Å². The van der Waals surface area contributed by atoms with Crippen molar-refractivity contribution in [3.63, 3.8) is 0 Å². The molecular formula is C64H42N4. The number of hydrogen-bond donors (Lipinski definition) is 0. The molecule has 3 aliphatic rings. The Labute approximate surface area is 396 Å². The molecule has 2 atom stereocenters. The summed E-state index contributed by atoms with van der Waals surface area (Å²) < 4.78 is 0. The van der Waals surface area contributed by atoms with Crippen LogP contribution in [0.25, 0.3) is 90.1 Å². The molecular weight excluding hydrogens is 825 g/mol. The van der Waals surface area contributed by atoms with E-state index in [0.29, 0.717) is 11.6 Å². The van der Waals surface area contributed by atoms with E-state index < -0.39 is 0 Å². The second-order valence-electron chi connectivity index (χ2n) is 17.7. The Bertz CT molecular complexity index is 3440. The van der Waals surface area contributed by atoms with Crippen LogP contribution < -0.4 is 0 Å². The van der Waals surface area contributed by atoms with Gasteiger partial charge in [-0.15, -0.1) is 0 Å². The van der Waals surface area contributed by atoms with Crippen LogP contribution in [-0.4, -0.2) is 19.9 Å². The van der Waals surface area contributed by atoms with Crippen LogP contribution >= 0.6 is 0 Å². The van der Waals surface area contributed by atoms with Gasteiger partial charge in [-0.3, -0.25) is 0 Å². The number of benzene rings is 9. The predicted molar refractivity (Wildman–Crippen MR) is 276 cm³/mol. The van der Waals surface area contributed by atoms with E-state index in [-0.39, 0.29) is 11.8 Å². The summed E-state index contributed by atoms with van der Waals surface area (Å²) in [5.41, 5.74) is 22.5. The van der Waals surface area contributed by atoms with E-state index in [1.165, 1.54) is 44.5 Å². The van der Waals surface area contributed by atoms with Gasteiger partial charge in [-0.05, 0) is 92.0 Å². The topological polar surface area (TPSA) is 51.6 Å². The molecule has 4 heteroatoms. The van der Waals surface area contributed by atoms with E-state index in [1.54, 1.807) is 0 Å². The molecule has 0 radical (unpaired) electrons. The highest BCUT2D eigenvalue weighted by Gasteiger charge is 2.41. The van der Waals surface area contributed by atoms with Crippen LogP contribution in [0, 0.1) is 0 Å². The van der Waals surface area contributed by atoms with Crippen LogP contribution in [0.3, 0.4) is 0 Å². The first-order valence-electron chi connectivity index (χ1n) is 23.3. The lowest BCUT2D eigenvalue weighted by Gasteiger charge is -2.42. The molecule has 9 aromatic carbocycles. The normalized spacial score (nSPS) is 14.2. The largest absolute Gasteiger partial charge is 0.228 e. The Morgan fingerprint density at radius 3 is 0.868 bits per heavy atom. The first-order valence-corrected chi connectivity index (χ1v) is 23.3. The van der Waals surface area contributed by atoms with Crippen molar-refractivity contribution in [2.45, 2.75) is 11.8 Å². The molecule has 0 aliphatic heterocycles. The van der Waals surface area contributed by atoms with Crippen LogP contribution in [0.15, 0.2) is 243 Å². The highest BCUT2D eigenvalue weighted by atomic mass is 14.9. The zero-order valence-corrected chi connectivity index (χ0v) is 37.0. The third-order valence-electron chi connectivity index (χ3n) is 13.7. The van der Waals surface area contributed by atoms with E-state index in [0.717, 1.165) is 67.3 Å². The smallest absolute Gasteiger partial charge is 0.160 e. The molecule has 2 heterocycles. The van der Waals surface area contributed by atoms with Crippen LogP contribution in [-0.2, 0) is 0 Å². The fourth-order valence-electron chi connectivity index (χ4n) is 10.4. The van der Waals surface area contributed by atoms with Crippen molar-refractivity contribution < 1.29 is 0 Å².